The topological polar surface area (TPSA) is 61.9 Å². The molecular formula is C31H37N3O3. The van der Waals surface area contributed by atoms with E-state index >= 15 is 0 Å². The van der Waals surface area contributed by atoms with E-state index in [2.05, 4.69) is 63.5 Å². The summed E-state index contributed by atoms with van der Waals surface area (Å²) in [4.78, 5) is 29.3. The van der Waals surface area contributed by atoms with Crippen LogP contribution in [0.1, 0.15) is 43.2 Å². The summed E-state index contributed by atoms with van der Waals surface area (Å²) < 4.78 is 4.69. The molecule has 3 aromatic rings. The van der Waals surface area contributed by atoms with E-state index in [-0.39, 0.29) is 11.8 Å². The molecule has 0 atom stereocenters. The Kier molecular flexibility index (Phi) is 8.83. The van der Waals surface area contributed by atoms with Gasteiger partial charge in [-0.25, -0.2) is 4.79 Å². The van der Waals surface area contributed by atoms with Gasteiger partial charge in [-0.1, -0.05) is 67.8 Å². The number of hydrogen-bond acceptors (Lipinski definition) is 4. The number of benzene rings is 3. The lowest BCUT2D eigenvalue weighted by molar-refractivity contribution is -0.123. The molecule has 0 unspecified atom stereocenters. The maximum absolute atomic E-state index is 13.7. The highest BCUT2D eigenvalue weighted by Crippen LogP contribution is 2.30. The van der Waals surface area contributed by atoms with Crippen molar-refractivity contribution in [2.75, 3.05) is 31.0 Å². The second-order valence-corrected chi connectivity index (χ2v) is 9.91. The summed E-state index contributed by atoms with van der Waals surface area (Å²) in [7, 11) is 5.42. The van der Waals surface area contributed by atoms with Gasteiger partial charge in [0.2, 0.25) is 5.91 Å². The van der Waals surface area contributed by atoms with Crippen molar-refractivity contribution in [2.24, 2.45) is 5.92 Å². The highest BCUT2D eigenvalue weighted by atomic mass is 16.5. The minimum Gasteiger partial charge on any atom is -0.453 e. The highest BCUT2D eigenvalue weighted by molar-refractivity contribution is 5.95. The monoisotopic (exact) mass is 499 g/mol. The molecule has 1 aliphatic rings. The summed E-state index contributed by atoms with van der Waals surface area (Å²) in [6.07, 6.45) is 4.83. The minimum absolute atomic E-state index is 0.0556. The van der Waals surface area contributed by atoms with Crippen LogP contribution in [0.25, 0.3) is 11.1 Å². The van der Waals surface area contributed by atoms with E-state index in [4.69, 9.17) is 0 Å². The Morgan fingerprint density at radius 3 is 2.11 bits per heavy atom. The van der Waals surface area contributed by atoms with Crippen molar-refractivity contribution in [3.8, 4) is 11.1 Å². The number of rotatable bonds is 8. The fraction of sp³-hybridized carbons (Fsp3) is 0.355. The number of carbonyl (C=O) groups is 2. The van der Waals surface area contributed by atoms with Gasteiger partial charge in [0.25, 0.3) is 0 Å². The van der Waals surface area contributed by atoms with Crippen LogP contribution in [0.4, 0.5) is 16.2 Å². The Morgan fingerprint density at radius 2 is 1.49 bits per heavy atom. The van der Waals surface area contributed by atoms with Crippen LogP contribution in [-0.4, -0.2) is 33.2 Å². The maximum atomic E-state index is 13.7. The molecular weight excluding hydrogens is 462 g/mol. The largest absolute Gasteiger partial charge is 0.453 e. The van der Waals surface area contributed by atoms with Gasteiger partial charge in [-0.05, 0) is 59.4 Å². The van der Waals surface area contributed by atoms with Crippen molar-refractivity contribution in [3.05, 3.63) is 83.9 Å². The standard InChI is InChI=1S/C31H37N3O3/c1-33(2)28-18-16-26(17-19-28)25-14-12-23(13-15-25)22-34(30(35)27-9-5-4-6-10-27)29-11-7-8-24(20-29)21-32-31(36)37-3/h7-8,11-20,27H,4-6,9-10,21-22H2,1-3H3,(H,32,36). The summed E-state index contributed by atoms with van der Waals surface area (Å²) >= 11 is 0. The first-order chi connectivity index (χ1) is 17.9. The number of anilines is 2. The predicted molar refractivity (Wildman–Crippen MR) is 150 cm³/mol. The van der Waals surface area contributed by atoms with Crippen LogP contribution >= 0.6 is 0 Å². The Labute approximate surface area is 220 Å². The summed E-state index contributed by atoms with van der Waals surface area (Å²) in [5, 5.41) is 2.72. The van der Waals surface area contributed by atoms with E-state index in [0.717, 1.165) is 53.6 Å². The van der Waals surface area contributed by atoms with E-state index in [1.165, 1.54) is 19.2 Å². The number of methoxy groups -OCH3 is 1. The molecule has 3 aromatic carbocycles. The number of carbonyl (C=O) groups excluding carboxylic acids is 2. The predicted octanol–water partition coefficient (Wildman–Crippen LogP) is 6.39. The van der Waals surface area contributed by atoms with E-state index in [1.54, 1.807) is 0 Å². The number of hydrogen-bond donors (Lipinski definition) is 1. The van der Waals surface area contributed by atoms with Crippen LogP contribution in [0.15, 0.2) is 72.8 Å². The van der Waals surface area contributed by atoms with Crippen LogP contribution in [0.3, 0.4) is 0 Å². The third-order valence-electron chi connectivity index (χ3n) is 7.08. The molecule has 0 saturated heterocycles. The molecule has 6 nitrogen and oxygen atoms in total. The minimum atomic E-state index is -0.475. The van der Waals surface area contributed by atoms with Crippen LogP contribution < -0.4 is 15.1 Å². The fourth-order valence-corrected chi connectivity index (χ4v) is 4.88. The number of amides is 2. The Bertz CT molecular complexity index is 1180. The zero-order chi connectivity index (χ0) is 26.2. The van der Waals surface area contributed by atoms with Gasteiger partial charge < -0.3 is 19.9 Å². The van der Waals surface area contributed by atoms with Crippen LogP contribution in [0.2, 0.25) is 0 Å². The first kappa shape index (κ1) is 26.3. The Morgan fingerprint density at radius 1 is 0.838 bits per heavy atom. The Hall–Kier alpha value is -3.80. The second-order valence-electron chi connectivity index (χ2n) is 9.91. The first-order valence-electron chi connectivity index (χ1n) is 13.0. The third kappa shape index (κ3) is 6.91. The zero-order valence-electron chi connectivity index (χ0n) is 22.1. The SMILES string of the molecule is COC(=O)NCc1cccc(N(Cc2ccc(-c3ccc(N(C)C)cc3)cc2)C(=O)C2CCCCC2)c1. The summed E-state index contributed by atoms with van der Waals surface area (Å²) in [5.41, 5.74) is 6.33. The molecule has 1 N–H and O–H groups in total. The normalized spacial score (nSPS) is 13.6. The van der Waals surface area contributed by atoms with Crippen molar-refractivity contribution < 1.29 is 14.3 Å². The maximum Gasteiger partial charge on any atom is 0.407 e. The van der Waals surface area contributed by atoms with E-state index < -0.39 is 6.09 Å². The van der Waals surface area contributed by atoms with Gasteiger partial charge in [0.1, 0.15) is 0 Å². The molecule has 1 aliphatic carbocycles. The second kappa shape index (κ2) is 12.4. The lowest BCUT2D eigenvalue weighted by Crippen LogP contribution is -2.36. The number of alkyl carbamates (subject to hydrolysis) is 1. The van der Waals surface area contributed by atoms with Crippen LogP contribution in [0.5, 0.6) is 0 Å². The van der Waals surface area contributed by atoms with Crippen molar-refractivity contribution in [1.82, 2.24) is 5.32 Å². The molecule has 0 radical (unpaired) electrons. The first-order valence-corrected chi connectivity index (χ1v) is 13.0. The molecule has 0 heterocycles. The van der Waals surface area contributed by atoms with Crippen molar-refractivity contribution >= 4 is 23.4 Å². The average Bonchev–Trinajstić information content (AvgIpc) is 2.95. The highest BCUT2D eigenvalue weighted by Gasteiger charge is 2.27. The van der Waals surface area contributed by atoms with E-state index in [0.29, 0.717) is 13.1 Å². The molecule has 1 fully saturated rings. The number of ether oxygens (including phenoxy) is 1. The molecule has 37 heavy (non-hydrogen) atoms. The van der Waals surface area contributed by atoms with Gasteiger partial charge in [0.05, 0.1) is 13.7 Å². The molecule has 4 rings (SSSR count). The van der Waals surface area contributed by atoms with Gasteiger partial charge in [0.15, 0.2) is 0 Å². The molecule has 0 spiro atoms. The lowest BCUT2D eigenvalue weighted by Gasteiger charge is -2.30. The van der Waals surface area contributed by atoms with Gasteiger partial charge in [-0.3, -0.25) is 4.79 Å². The molecule has 0 bridgehead atoms. The fourth-order valence-electron chi connectivity index (χ4n) is 4.88. The molecule has 1 saturated carbocycles. The number of nitrogens with zero attached hydrogens (tertiary/aromatic N) is 2. The molecule has 6 heteroatoms. The summed E-state index contributed by atoms with van der Waals surface area (Å²) in [6.45, 7) is 0.844. The quantitative estimate of drug-likeness (QED) is 0.390. The summed E-state index contributed by atoms with van der Waals surface area (Å²) in [5.74, 6) is 0.237. The van der Waals surface area contributed by atoms with Gasteiger partial charge >= 0.3 is 6.09 Å². The summed E-state index contributed by atoms with van der Waals surface area (Å²) in [6, 6.07) is 24.8. The lowest BCUT2D eigenvalue weighted by atomic mass is 9.88. The molecule has 0 aliphatic heterocycles. The van der Waals surface area contributed by atoms with Crippen molar-refractivity contribution in [3.63, 3.8) is 0 Å². The number of nitrogens with one attached hydrogen (secondary N) is 1. The molecule has 194 valence electrons. The van der Waals surface area contributed by atoms with E-state index in [1.807, 2.05) is 43.3 Å². The molecule has 0 aromatic heterocycles. The van der Waals surface area contributed by atoms with E-state index in [9.17, 15) is 9.59 Å². The van der Waals surface area contributed by atoms with Gasteiger partial charge in [-0.2, -0.15) is 0 Å². The van der Waals surface area contributed by atoms with Gasteiger partial charge in [0, 0.05) is 37.9 Å². The smallest absolute Gasteiger partial charge is 0.407 e. The Balaban J connectivity index is 1.55. The molecule has 2 amide bonds. The van der Waals surface area contributed by atoms with Crippen molar-refractivity contribution in [2.45, 2.75) is 45.2 Å². The average molecular weight is 500 g/mol. The van der Waals surface area contributed by atoms with Crippen LogP contribution in [0, 0.1) is 5.92 Å². The van der Waals surface area contributed by atoms with Crippen molar-refractivity contribution in [1.29, 1.82) is 0 Å². The third-order valence-corrected chi connectivity index (χ3v) is 7.08. The van der Waals surface area contributed by atoms with Crippen LogP contribution in [-0.2, 0) is 22.6 Å². The van der Waals surface area contributed by atoms with Gasteiger partial charge in [-0.15, -0.1) is 0 Å². The zero-order valence-corrected chi connectivity index (χ0v) is 22.1.